The van der Waals surface area contributed by atoms with E-state index in [4.69, 9.17) is 5.11 Å². The van der Waals surface area contributed by atoms with Crippen molar-refractivity contribution in [2.45, 2.75) is 6.42 Å². The number of benzene rings is 1. The van der Waals surface area contributed by atoms with Crippen LogP contribution < -0.4 is 0 Å². The lowest BCUT2D eigenvalue weighted by molar-refractivity contribution is 0.268. The van der Waals surface area contributed by atoms with E-state index in [-0.39, 0.29) is 5.95 Å². The minimum Gasteiger partial charge on any atom is -0.478 e. The predicted molar refractivity (Wildman–Crippen MR) is 45.2 cm³/mol. The van der Waals surface area contributed by atoms with E-state index in [0.717, 1.165) is 5.56 Å². The van der Waals surface area contributed by atoms with E-state index in [1.165, 1.54) is 0 Å². The normalized spacial score (nSPS) is 10.2. The van der Waals surface area contributed by atoms with Crippen LogP contribution in [0.1, 0.15) is 11.3 Å². The standard InChI is InChI=1S/C9H8N2O2/c12-9-8(10-11-13-9)6-7-4-2-1-3-5-7/h1-5,12H,6H2. The monoisotopic (exact) mass is 176 g/mol. The van der Waals surface area contributed by atoms with Gasteiger partial charge in [0.2, 0.25) is 0 Å². The van der Waals surface area contributed by atoms with Crippen LogP contribution in [-0.4, -0.2) is 15.5 Å². The third kappa shape index (κ3) is 1.66. The molecule has 66 valence electrons. The van der Waals surface area contributed by atoms with Gasteiger partial charge in [0, 0.05) is 11.7 Å². The molecule has 1 heterocycles. The molecule has 13 heavy (non-hydrogen) atoms. The van der Waals surface area contributed by atoms with Crippen molar-refractivity contribution in [2.24, 2.45) is 0 Å². The summed E-state index contributed by atoms with van der Waals surface area (Å²) in [6, 6.07) is 9.70. The van der Waals surface area contributed by atoms with Crippen molar-refractivity contribution in [2.75, 3.05) is 0 Å². The fraction of sp³-hybridized carbons (Fsp3) is 0.111. The highest BCUT2D eigenvalue weighted by molar-refractivity contribution is 5.23. The average molecular weight is 176 g/mol. The fourth-order valence-electron chi connectivity index (χ4n) is 1.10. The van der Waals surface area contributed by atoms with E-state index in [1.54, 1.807) is 0 Å². The maximum atomic E-state index is 9.12. The van der Waals surface area contributed by atoms with E-state index in [9.17, 15) is 0 Å². The molecule has 0 aliphatic rings. The molecule has 0 radical (unpaired) electrons. The first-order valence-corrected chi connectivity index (χ1v) is 3.90. The van der Waals surface area contributed by atoms with Crippen molar-refractivity contribution in [1.82, 2.24) is 10.4 Å². The molecule has 0 amide bonds. The summed E-state index contributed by atoms with van der Waals surface area (Å²) in [5, 5.41) is 16.0. The average Bonchev–Trinajstić information content (AvgIpc) is 2.54. The van der Waals surface area contributed by atoms with Crippen LogP contribution in [0.25, 0.3) is 0 Å². The summed E-state index contributed by atoms with van der Waals surface area (Å²) in [6.45, 7) is 0. The second kappa shape index (κ2) is 3.26. The molecule has 1 aromatic carbocycles. The second-order valence-corrected chi connectivity index (χ2v) is 2.69. The summed E-state index contributed by atoms with van der Waals surface area (Å²) in [6.07, 6.45) is 0.538. The first-order chi connectivity index (χ1) is 6.36. The fourth-order valence-corrected chi connectivity index (χ4v) is 1.10. The van der Waals surface area contributed by atoms with Gasteiger partial charge < -0.3 is 5.11 Å². The zero-order valence-electron chi connectivity index (χ0n) is 6.84. The lowest BCUT2D eigenvalue weighted by Gasteiger charge is -1.95. The smallest absolute Gasteiger partial charge is 0.333 e. The summed E-state index contributed by atoms with van der Waals surface area (Å²) >= 11 is 0. The van der Waals surface area contributed by atoms with Crippen molar-refractivity contribution in [3.8, 4) is 5.95 Å². The van der Waals surface area contributed by atoms with Gasteiger partial charge in [-0.25, -0.2) is 0 Å². The molecule has 0 aliphatic heterocycles. The molecule has 1 aromatic heterocycles. The SMILES string of the molecule is Oc1onnc1Cc1ccccc1. The first kappa shape index (κ1) is 7.79. The Bertz CT molecular complexity index is 384. The Kier molecular flexibility index (Phi) is 1.96. The highest BCUT2D eigenvalue weighted by atomic mass is 16.6. The molecular formula is C9H8N2O2. The number of rotatable bonds is 2. The molecule has 0 bridgehead atoms. The van der Waals surface area contributed by atoms with Crippen molar-refractivity contribution in [3.63, 3.8) is 0 Å². The van der Waals surface area contributed by atoms with E-state index < -0.39 is 0 Å². The van der Waals surface area contributed by atoms with Gasteiger partial charge in [-0.1, -0.05) is 30.3 Å². The van der Waals surface area contributed by atoms with Gasteiger partial charge in [0.05, 0.1) is 0 Å². The molecule has 0 aliphatic carbocycles. The molecule has 0 spiro atoms. The number of hydrogen-bond donors (Lipinski definition) is 1. The summed E-state index contributed by atoms with van der Waals surface area (Å²) < 4.78 is 4.43. The Morgan fingerprint density at radius 1 is 1.23 bits per heavy atom. The topological polar surface area (TPSA) is 59.2 Å². The van der Waals surface area contributed by atoms with E-state index in [1.807, 2.05) is 30.3 Å². The molecular weight excluding hydrogens is 168 g/mol. The van der Waals surface area contributed by atoms with Crippen LogP contribution in [0.15, 0.2) is 34.9 Å². The Balaban J connectivity index is 2.20. The van der Waals surface area contributed by atoms with Crippen LogP contribution in [0.4, 0.5) is 0 Å². The minimum absolute atomic E-state index is 0.205. The molecule has 0 fully saturated rings. The Hall–Kier alpha value is -1.84. The zero-order valence-corrected chi connectivity index (χ0v) is 6.84. The molecule has 0 saturated carbocycles. The molecule has 4 heteroatoms. The maximum absolute atomic E-state index is 9.12. The molecule has 4 nitrogen and oxygen atoms in total. The Morgan fingerprint density at radius 3 is 2.62 bits per heavy atom. The van der Waals surface area contributed by atoms with Crippen molar-refractivity contribution >= 4 is 0 Å². The maximum Gasteiger partial charge on any atom is 0.333 e. The summed E-state index contributed by atoms with van der Waals surface area (Å²) in [4.78, 5) is 0. The van der Waals surface area contributed by atoms with Gasteiger partial charge in [-0.2, -0.15) is 0 Å². The lowest BCUT2D eigenvalue weighted by atomic mass is 10.1. The van der Waals surface area contributed by atoms with Gasteiger partial charge in [0.1, 0.15) is 0 Å². The van der Waals surface area contributed by atoms with Gasteiger partial charge >= 0.3 is 5.95 Å². The van der Waals surface area contributed by atoms with E-state index in [0.29, 0.717) is 12.1 Å². The Labute approximate surface area is 74.8 Å². The van der Waals surface area contributed by atoms with E-state index >= 15 is 0 Å². The highest BCUT2D eigenvalue weighted by Gasteiger charge is 2.07. The van der Waals surface area contributed by atoms with E-state index in [2.05, 4.69) is 14.9 Å². The van der Waals surface area contributed by atoms with Gasteiger partial charge in [0.25, 0.3) is 0 Å². The van der Waals surface area contributed by atoms with Gasteiger partial charge in [-0.05, 0) is 5.56 Å². The quantitative estimate of drug-likeness (QED) is 0.750. The van der Waals surface area contributed by atoms with Gasteiger partial charge in [-0.3, -0.25) is 4.52 Å². The van der Waals surface area contributed by atoms with Crippen LogP contribution in [0.2, 0.25) is 0 Å². The summed E-state index contributed by atoms with van der Waals surface area (Å²) in [7, 11) is 0. The van der Waals surface area contributed by atoms with Crippen LogP contribution in [0.5, 0.6) is 5.95 Å². The number of nitrogens with zero attached hydrogens (tertiary/aromatic N) is 2. The number of aromatic nitrogens is 2. The van der Waals surface area contributed by atoms with Crippen molar-refractivity contribution in [3.05, 3.63) is 41.6 Å². The molecule has 2 aromatic rings. The Morgan fingerprint density at radius 2 is 2.00 bits per heavy atom. The summed E-state index contributed by atoms with van der Waals surface area (Å²) in [5.74, 6) is -0.205. The number of hydrogen-bond acceptors (Lipinski definition) is 4. The van der Waals surface area contributed by atoms with Crippen molar-refractivity contribution in [1.29, 1.82) is 0 Å². The third-order valence-corrected chi connectivity index (χ3v) is 1.75. The molecule has 0 unspecified atom stereocenters. The lowest BCUT2D eigenvalue weighted by Crippen LogP contribution is -1.88. The van der Waals surface area contributed by atoms with Gasteiger partial charge in [-0.15, -0.1) is 5.10 Å². The molecule has 1 N–H and O–H groups in total. The number of aromatic hydroxyl groups is 1. The zero-order chi connectivity index (χ0) is 9.10. The van der Waals surface area contributed by atoms with Crippen LogP contribution in [0.3, 0.4) is 0 Å². The van der Waals surface area contributed by atoms with Gasteiger partial charge in [0.15, 0.2) is 5.69 Å². The van der Waals surface area contributed by atoms with Crippen molar-refractivity contribution < 1.29 is 9.63 Å². The predicted octanol–water partition coefficient (Wildman–Crippen LogP) is 1.37. The highest BCUT2D eigenvalue weighted by Crippen LogP contribution is 2.15. The van der Waals surface area contributed by atoms with Crippen LogP contribution >= 0.6 is 0 Å². The third-order valence-electron chi connectivity index (χ3n) is 1.75. The molecule has 2 rings (SSSR count). The first-order valence-electron chi connectivity index (χ1n) is 3.90. The largest absolute Gasteiger partial charge is 0.478 e. The van der Waals surface area contributed by atoms with Crippen LogP contribution in [0, 0.1) is 0 Å². The van der Waals surface area contributed by atoms with Crippen LogP contribution in [-0.2, 0) is 6.42 Å². The minimum atomic E-state index is -0.205. The summed E-state index contributed by atoms with van der Waals surface area (Å²) in [5.41, 5.74) is 1.53. The molecule has 0 saturated heterocycles. The second-order valence-electron chi connectivity index (χ2n) is 2.69. The molecule has 0 atom stereocenters.